The molecular weight excluding hydrogens is 482 g/mol. The van der Waals surface area contributed by atoms with E-state index in [9.17, 15) is 9.90 Å². The predicted molar refractivity (Wildman–Crippen MR) is 162 cm³/mol. The molecule has 0 spiro atoms. The first-order valence-electron chi connectivity index (χ1n) is 15.4. The van der Waals surface area contributed by atoms with E-state index < -0.39 is 5.97 Å². The van der Waals surface area contributed by atoms with Crippen molar-refractivity contribution in [2.75, 3.05) is 24.6 Å². The zero-order valence-electron chi connectivity index (χ0n) is 25.0. The van der Waals surface area contributed by atoms with Gasteiger partial charge in [0.05, 0.1) is 13.0 Å². The number of aryl methyl sites for hydroxylation is 1. The molecule has 1 N–H and O–H groups in total. The molecule has 1 atom stereocenters. The van der Waals surface area contributed by atoms with E-state index >= 15 is 0 Å². The molecule has 1 heterocycles. The number of hydrogen-bond acceptors (Lipinski definition) is 3. The first-order chi connectivity index (χ1) is 18.6. The molecule has 0 amide bonds. The molecule has 1 aliphatic carbocycles. The predicted octanol–water partition coefficient (Wildman–Crippen LogP) is 8.52. The van der Waals surface area contributed by atoms with Crippen LogP contribution in [0.25, 0.3) is 0 Å². The van der Waals surface area contributed by atoms with Crippen LogP contribution in [0.4, 0.5) is 5.69 Å². The second-order valence-electron chi connectivity index (χ2n) is 13.8. The van der Waals surface area contributed by atoms with Crippen LogP contribution in [0.2, 0.25) is 0 Å². The third-order valence-electron chi connectivity index (χ3n) is 8.48. The van der Waals surface area contributed by atoms with Gasteiger partial charge in [-0.25, -0.2) is 0 Å². The third kappa shape index (κ3) is 9.29. The van der Waals surface area contributed by atoms with Crippen molar-refractivity contribution in [1.29, 1.82) is 0 Å². The number of nitrogens with zero attached hydrogens (tertiary/aromatic N) is 1. The summed E-state index contributed by atoms with van der Waals surface area (Å²) in [5.74, 6) is 2.00. The lowest BCUT2D eigenvalue weighted by molar-refractivity contribution is -0.137. The molecule has 4 nitrogen and oxygen atoms in total. The van der Waals surface area contributed by atoms with Crippen LogP contribution in [0, 0.1) is 23.2 Å². The molecule has 214 valence electrons. The highest BCUT2D eigenvalue weighted by atomic mass is 16.5. The molecule has 1 saturated heterocycles. The van der Waals surface area contributed by atoms with Crippen molar-refractivity contribution in [2.45, 2.75) is 98.3 Å². The largest absolute Gasteiger partial charge is 0.493 e. The molecule has 1 unspecified atom stereocenters. The van der Waals surface area contributed by atoms with E-state index in [0.29, 0.717) is 23.2 Å². The second-order valence-corrected chi connectivity index (χ2v) is 13.8. The summed E-state index contributed by atoms with van der Waals surface area (Å²) in [6.45, 7) is 14.5. The molecule has 4 rings (SSSR count). The number of benzene rings is 2. The van der Waals surface area contributed by atoms with Gasteiger partial charge in [0, 0.05) is 18.8 Å². The highest BCUT2D eigenvalue weighted by molar-refractivity contribution is 5.68. The van der Waals surface area contributed by atoms with Crippen LogP contribution in [0.1, 0.15) is 102 Å². The molecule has 0 radical (unpaired) electrons. The number of rotatable bonds is 13. The highest BCUT2D eigenvalue weighted by Gasteiger charge is 2.34. The molecule has 4 heteroatoms. The average molecular weight is 534 g/mol. The minimum Gasteiger partial charge on any atom is -0.493 e. The Morgan fingerprint density at radius 1 is 1.05 bits per heavy atom. The van der Waals surface area contributed by atoms with E-state index in [2.05, 4.69) is 69.9 Å². The maximum atomic E-state index is 11.4. The number of carboxylic acid groups (broad SMARTS) is 1. The van der Waals surface area contributed by atoms with Gasteiger partial charge in [-0.15, -0.1) is 0 Å². The monoisotopic (exact) mass is 533 g/mol. The number of anilines is 1. The Labute approximate surface area is 237 Å². The van der Waals surface area contributed by atoms with E-state index in [4.69, 9.17) is 4.74 Å². The van der Waals surface area contributed by atoms with Crippen molar-refractivity contribution in [3.05, 3.63) is 59.2 Å². The summed E-state index contributed by atoms with van der Waals surface area (Å²) in [6, 6.07) is 15.4. The van der Waals surface area contributed by atoms with Crippen LogP contribution in [0.3, 0.4) is 0 Å². The first kappa shape index (κ1) is 29.5. The van der Waals surface area contributed by atoms with Crippen molar-refractivity contribution in [3.63, 3.8) is 0 Å². The standard InChI is InChI=1S/C35H51NO3/c1-25(2)20-27-11-12-29(9-7-17-35(3,4)5)33(21-27)36-18-15-26(16-19-36)24-39-31-10-6-8-30(22-31)32(23-34(37)38)28-13-14-28/h6,8,10-12,21-22,25-26,28,32H,7,9,13-20,23-24H2,1-5H3,(H,37,38). The van der Waals surface area contributed by atoms with E-state index in [-0.39, 0.29) is 12.3 Å². The van der Waals surface area contributed by atoms with Crippen molar-refractivity contribution in [1.82, 2.24) is 0 Å². The first-order valence-corrected chi connectivity index (χ1v) is 15.4. The Bertz CT molecular complexity index is 1070. The summed E-state index contributed by atoms with van der Waals surface area (Å²) < 4.78 is 6.29. The fourth-order valence-electron chi connectivity index (χ4n) is 6.16. The van der Waals surface area contributed by atoms with E-state index in [1.54, 1.807) is 0 Å². The summed E-state index contributed by atoms with van der Waals surface area (Å²) in [6.07, 6.45) is 9.53. The minimum absolute atomic E-state index is 0.110. The van der Waals surface area contributed by atoms with E-state index in [0.717, 1.165) is 69.5 Å². The van der Waals surface area contributed by atoms with Crippen LogP contribution < -0.4 is 9.64 Å². The quantitative estimate of drug-likeness (QED) is 0.280. The van der Waals surface area contributed by atoms with Crippen LogP contribution in [0.15, 0.2) is 42.5 Å². The van der Waals surface area contributed by atoms with Gasteiger partial charge in [0.1, 0.15) is 5.75 Å². The smallest absolute Gasteiger partial charge is 0.303 e. The SMILES string of the molecule is CC(C)Cc1ccc(CCCC(C)(C)C)c(N2CCC(COc3cccc(C(CC(=O)O)C4CC4)c3)CC2)c1. The van der Waals surface area contributed by atoms with Crippen molar-refractivity contribution < 1.29 is 14.6 Å². The summed E-state index contributed by atoms with van der Waals surface area (Å²) in [5.41, 5.74) is 5.92. The zero-order valence-corrected chi connectivity index (χ0v) is 25.0. The number of hydrogen-bond donors (Lipinski definition) is 1. The van der Waals surface area contributed by atoms with Crippen molar-refractivity contribution >= 4 is 11.7 Å². The lowest BCUT2D eigenvalue weighted by Crippen LogP contribution is -2.36. The second kappa shape index (κ2) is 13.2. The number of piperidine rings is 1. The molecule has 0 bridgehead atoms. The lowest BCUT2D eigenvalue weighted by Gasteiger charge is -2.35. The lowest BCUT2D eigenvalue weighted by atomic mass is 9.88. The van der Waals surface area contributed by atoms with Crippen molar-refractivity contribution in [2.24, 2.45) is 23.2 Å². The Hall–Kier alpha value is -2.49. The number of ether oxygens (including phenoxy) is 1. The van der Waals surface area contributed by atoms with Gasteiger partial charge >= 0.3 is 5.97 Å². The van der Waals surface area contributed by atoms with Gasteiger partial charge < -0.3 is 14.7 Å². The van der Waals surface area contributed by atoms with Gasteiger partial charge in [-0.05, 0) is 115 Å². The van der Waals surface area contributed by atoms with Gasteiger partial charge in [0.15, 0.2) is 0 Å². The van der Waals surface area contributed by atoms with Gasteiger partial charge in [0.25, 0.3) is 0 Å². The van der Waals surface area contributed by atoms with Gasteiger partial charge in [0.2, 0.25) is 0 Å². The fraction of sp³-hybridized carbons (Fsp3) is 0.629. The molecule has 2 fully saturated rings. The molecule has 1 saturated carbocycles. The van der Waals surface area contributed by atoms with Crippen LogP contribution in [-0.2, 0) is 17.6 Å². The maximum absolute atomic E-state index is 11.4. The molecular formula is C35H51NO3. The highest BCUT2D eigenvalue weighted by Crippen LogP contribution is 2.45. The van der Waals surface area contributed by atoms with Crippen LogP contribution in [-0.4, -0.2) is 30.8 Å². The third-order valence-corrected chi connectivity index (χ3v) is 8.48. The summed E-state index contributed by atoms with van der Waals surface area (Å²) in [4.78, 5) is 14.0. The molecule has 2 aliphatic rings. The maximum Gasteiger partial charge on any atom is 0.303 e. The fourth-order valence-corrected chi connectivity index (χ4v) is 6.16. The number of aliphatic carboxylic acids is 1. The Morgan fingerprint density at radius 3 is 2.44 bits per heavy atom. The van der Waals surface area contributed by atoms with Crippen LogP contribution >= 0.6 is 0 Å². The topological polar surface area (TPSA) is 49.8 Å². The number of carbonyl (C=O) groups is 1. The van der Waals surface area contributed by atoms with Crippen molar-refractivity contribution in [3.8, 4) is 5.75 Å². The average Bonchev–Trinajstić information content (AvgIpc) is 3.72. The van der Waals surface area contributed by atoms with Gasteiger partial charge in [-0.2, -0.15) is 0 Å². The molecule has 39 heavy (non-hydrogen) atoms. The van der Waals surface area contributed by atoms with Crippen LogP contribution in [0.5, 0.6) is 5.75 Å². The Balaban J connectivity index is 1.34. The summed E-state index contributed by atoms with van der Waals surface area (Å²) in [7, 11) is 0. The van der Waals surface area contributed by atoms with Gasteiger partial charge in [-0.3, -0.25) is 4.79 Å². The molecule has 1 aliphatic heterocycles. The van der Waals surface area contributed by atoms with Gasteiger partial charge in [-0.1, -0.05) is 58.9 Å². The molecule has 2 aromatic rings. The molecule has 2 aromatic carbocycles. The van der Waals surface area contributed by atoms with E-state index in [1.807, 2.05) is 12.1 Å². The molecule has 0 aromatic heterocycles. The van der Waals surface area contributed by atoms with E-state index in [1.165, 1.54) is 29.7 Å². The zero-order chi connectivity index (χ0) is 28.0. The Morgan fingerprint density at radius 2 is 1.79 bits per heavy atom. The Kier molecular flexibility index (Phi) is 10.0. The summed E-state index contributed by atoms with van der Waals surface area (Å²) >= 11 is 0. The minimum atomic E-state index is -0.711. The summed E-state index contributed by atoms with van der Waals surface area (Å²) in [5, 5.41) is 9.38. The normalized spacial score (nSPS) is 17.4. The number of carboxylic acids is 1.